The number of hydrogen-bond acceptors (Lipinski definition) is 6. The second-order valence-electron chi connectivity index (χ2n) is 8.91. The van der Waals surface area contributed by atoms with Gasteiger partial charge < -0.3 is 19.9 Å². The van der Waals surface area contributed by atoms with Crippen molar-refractivity contribution < 1.29 is 14.3 Å². The lowest BCUT2D eigenvalue weighted by atomic mass is 10.1. The molecular weight excluding hydrogens is 436 g/mol. The number of benzene rings is 1. The van der Waals surface area contributed by atoms with Gasteiger partial charge in [0.05, 0.1) is 17.6 Å². The van der Waals surface area contributed by atoms with Gasteiger partial charge in [0.2, 0.25) is 0 Å². The summed E-state index contributed by atoms with van der Waals surface area (Å²) in [6.07, 6.45) is 0.913. The molecular formula is C25H36N4O3S. The topological polar surface area (TPSA) is 65.1 Å². The highest BCUT2D eigenvalue weighted by molar-refractivity contribution is 7.17. The molecule has 2 heterocycles. The Balaban J connectivity index is 1.66. The van der Waals surface area contributed by atoms with Crippen LogP contribution in [0.3, 0.4) is 0 Å². The molecule has 1 aliphatic rings. The van der Waals surface area contributed by atoms with Crippen molar-refractivity contribution in [3.63, 3.8) is 0 Å². The summed E-state index contributed by atoms with van der Waals surface area (Å²) in [5.74, 6) is 0.516. The lowest BCUT2D eigenvalue weighted by Crippen LogP contribution is -2.50. The minimum Gasteiger partial charge on any atom is -0.496 e. The monoisotopic (exact) mass is 472 g/mol. The summed E-state index contributed by atoms with van der Waals surface area (Å²) < 4.78 is 5.58. The second-order valence-corrected chi connectivity index (χ2v) is 10.00. The number of nitrogens with zero attached hydrogens (tertiary/aromatic N) is 3. The molecule has 0 radical (unpaired) electrons. The summed E-state index contributed by atoms with van der Waals surface area (Å²) in [5, 5.41) is 2.98. The fourth-order valence-corrected chi connectivity index (χ4v) is 4.85. The van der Waals surface area contributed by atoms with Crippen molar-refractivity contribution in [2.75, 3.05) is 60.5 Å². The molecule has 1 saturated heterocycles. The molecule has 0 atom stereocenters. The van der Waals surface area contributed by atoms with Crippen LogP contribution in [0.15, 0.2) is 30.3 Å². The number of methoxy groups -OCH3 is 1. The molecule has 0 saturated carbocycles. The van der Waals surface area contributed by atoms with Crippen LogP contribution in [-0.2, 0) is 0 Å². The van der Waals surface area contributed by atoms with Gasteiger partial charge in [-0.15, -0.1) is 11.3 Å². The number of carbonyl (C=O) groups excluding carboxylic acids is 2. The standard InChI is InChI=1S/C25H36N4O3S/c1-18(2)28-13-15-29(16-14-28)25(31)20-8-7-19(17-21(20)32-5)22-9-10-23(33-22)24(30)26-11-6-12-27(3)4/h7-10,17-18H,6,11-16H2,1-5H3,(H,26,30). The smallest absolute Gasteiger partial charge is 0.261 e. The molecule has 0 bridgehead atoms. The molecule has 180 valence electrons. The van der Waals surface area contributed by atoms with E-state index in [-0.39, 0.29) is 11.8 Å². The Morgan fingerprint density at radius 1 is 1.12 bits per heavy atom. The molecule has 0 spiro atoms. The first kappa shape index (κ1) is 25.2. The Kier molecular flexibility index (Phi) is 8.88. The van der Waals surface area contributed by atoms with Gasteiger partial charge in [-0.2, -0.15) is 0 Å². The van der Waals surface area contributed by atoms with Gasteiger partial charge >= 0.3 is 0 Å². The molecule has 33 heavy (non-hydrogen) atoms. The van der Waals surface area contributed by atoms with Gasteiger partial charge in [-0.3, -0.25) is 14.5 Å². The Labute approximate surface area is 201 Å². The fraction of sp³-hybridized carbons (Fsp3) is 0.520. The van der Waals surface area contributed by atoms with E-state index in [4.69, 9.17) is 4.74 Å². The highest BCUT2D eigenvalue weighted by Crippen LogP contribution is 2.33. The van der Waals surface area contributed by atoms with E-state index in [9.17, 15) is 9.59 Å². The number of ether oxygens (including phenoxy) is 1. The first-order chi connectivity index (χ1) is 15.8. The van der Waals surface area contributed by atoms with Crippen molar-refractivity contribution in [1.82, 2.24) is 20.0 Å². The molecule has 2 amide bonds. The molecule has 3 rings (SSSR count). The van der Waals surface area contributed by atoms with Crippen molar-refractivity contribution in [3.05, 3.63) is 40.8 Å². The normalized spacial score (nSPS) is 14.7. The fourth-order valence-electron chi connectivity index (χ4n) is 3.93. The Morgan fingerprint density at radius 3 is 2.48 bits per heavy atom. The van der Waals surface area contributed by atoms with Crippen LogP contribution in [0.5, 0.6) is 5.75 Å². The molecule has 0 aliphatic carbocycles. The van der Waals surface area contributed by atoms with Crippen molar-refractivity contribution in [2.45, 2.75) is 26.3 Å². The molecule has 1 aromatic carbocycles. The van der Waals surface area contributed by atoms with Gasteiger partial charge in [-0.1, -0.05) is 6.07 Å². The second kappa shape index (κ2) is 11.6. The number of piperazine rings is 1. The maximum atomic E-state index is 13.1. The van der Waals surface area contributed by atoms with E-state index in [1.54, 1.807) is 7.11 Å². The van der Waals surface area contributed by atoms with E-state index in [1.807, 2.05) is 49.3 Å². The maximum Gasteiger partial charge on any atom is 0.261 e. The van der Waals surface area contributed by atoms with Gasteiger partial charge in [-0.25, -0.2) is 0 Å². The predicted molar refractivity (Wildman–Crippen MR) is 134 cm³/mol. The molecule has 1 aromatic heterocycles. The van der Waals surface area contributed by atoms with Crippen LogP contribution < -0.4 is 10.1 Å². The Morgan fingerprint density at radius 2 is 1.85 bits per heavy atom. The number of rotatable bonds is 9. The van der Waals surface area contributed by atoms with Gasteiger partial charge in [0.25, 0.3) is 11.8 Å². The zero-order chi connectivity index (χ0) is 24.0. The third kappa shape index (κ3) is 6.56. The van der Waals surface area contributed by atoms with Gasteiger partial charge in [0, 0.05) is 43.6 Å². The highest BCUT2D eigenvalue weighted by Gasteiger charge is 2.25. The zero-order valence-corrected chi connectivity index (χ0v) is 21.2. The lowest BCUT2D eigenvalue weighted by molar-refractivity contribution is 0.0592. The largest absolute Gasteiger partial charge is 0.496 e. The summed E-state index contributed by atoms with van der Waals surface area (Å²) in [7, 11) is 5.63. The van der Waals surface area contributed by atoms with Crippen LogP contribution in [0.25, 0.3) is 10.4 Å². The number of carbonyl (C=O) groups is 2. The van der Waals surface area contributed by atoms with Crippen molar-refractivity contribution in [2.24, 2.45) is 0 Å². The average molecular weight is 473 g/mol. The van der Waals surface area contributed by atoms with Crippen LogP contribution in [0.2, 0.25) is 0 Å². The van der Waals surface area contributed by atoms with Gasteiger partial charge in [0.1, 0.15) is 5.75 Å². The van der Waals surface area contributed by atoms with E-state index in [2.05, 4.69) is 29.0 Å². The molecule has 0 unspecified atom stereocenters. The highest BCUT2D eigenvalue weighted by atomic mass is 32.1. The predicted octanol–water partition coefficient (Wildman–Crippen LogP) is 3.27. The number of hydrogen-bond donors (Lipinski definition) is 1. The molecule has 1 fully saturated rings. The van der Waals surface area contributed by atoms with Crippen LogP contribution in [-0.4, -0.2) is 93.0 Å². The summed E-state index contributed by atoms with van der Waals surface area (Å²) in [6, 6.07) is 9.95. The van der Waals surface area contributed by atoms with E-state index in [1.165, 1.54) is 11.3 Å². The average Bonchev–Trinajstić information content (AvgIpc) is 3.31. The minimum atomic E-state index is -0.0516. The molecule has 2 aromatic rings. The van der Waals surface area contributed by atoms with Crippen molar-refractivity contribution in [3.8, 4) is 16.2 Å². The first-order valence-corrected chi connectivity index (χ1v) is 12.4. The number of nitrogens with one attached hydrogen (secondary N) is 1. The molecule has 1 N–H and O–H groups in total. The SMILES string of the molecule is COc1cc(-c2ccc(C(=O)NCCCN(C)C)s2)ccc1C(=O)N1CCN(C(C)C)CC1. The van der Waals surface area contributed by atoms with Crippen LogP contribution in [0.1, 0.15) is 40.3 Å². The quantitative estimate of drug-likeness (QED) is 0.568. The minimum absolute atomic E-state index is 0.00535. The van der Waals surface area contributed by atoms with E-state index >= 15 is 0 Å². The maximum absolute atomic E-state index is 13.1. The molecule has 1 aliphatic heterocycles. The van der Waals surface area contributed by atoms with Crippen molar-refractivity contribution in [1.29, 1.82) is 0 Å². The lowest BCUT2D eigenvalue weighted by Gasteiger charge is -2.37. The first-order valence-electron chi connectivity index (χ1n) is 11.5. The summed E-state index contributed by atoms with van der Waals surface area (Å²) in [6.45, 7) is 9.18. The summed E-state index contributed by atoms with van der Waals surface area (Å²) in [4.78, 5) is 33.6. The van der Waals surface area contributed by atoms with Gasteiger partial charge in [0.15, 0.2) is 0 Å². The number of thiophene rings is 1. The van der Waals surface area contributed by atoms with Crippen LogP contribution in [0.4, 0.5) is 0 Å². The molecule has 8 heteroatoms. The van der Waals surface area contributed by atoms with Crippen molar-refractivity contribution >= 4 is 23.2 Å². The summed E-state index contributed by atoms with van der Waals surface area (Å²) >= 11 is 1.44. The summed E-state index contributed by atoms with van der Waals surface area (Å²) in [5.41, 5.74) is 1.51. The third-order valence-electron chi connectivity index (χ3n) is 5.95. The van der Waals surface area contributed by atoms with Gasteiger partial charge in [-0.05, 0) is 70.7 Å². The molecule has 7 nitrogen and oxygen atoms in total. The Hall–Kier alpha value is -2.42. The van der Waals surface area contributed by atoms with Crippen LogP contribution >= 0.6 is 11.3 Å². The van der Waals surface area contributed by atoms with E-state index in [0.717, 1.165) is 49.6 Å². The Bertz CT molecular complexity index is 949. The van der Waals surface area contributed by atoms with E-state index < -0.39 is 0 Å². The van der Waals surface area contributed by atoms with Crippen LogP contribution in [0, 0.1) is 0 Å². The van der Waals surface area contributed by atoms with E-state index in [0.29, 0.717) is 28.8 Å². The third-order valence-corrected chi connectivity index (χ3v) is 7.08. The number of amides is 2. The zero-order valence-electron chi connectivity index (χ0n) is 20.4.